The Kier molecular flexibility index (Phi) is 5.92. The van der Waals surface area contributed by atoms with Crippen LogP contribution in [0.2, 0.25) is 0 Å². The highest BCUT2D eigenvalue weighted by Crippen LogP contribution is 2.21. The molecule has 0 heterocycles. The molecule has 17 heavy (non-hydrogen) atoms. The first-order valence-electron chi connectivity index (χ1n) is 6.26. The second-order valence-electron chi connectivity index (χ2n) is 4.56. The maximum Gasteiger partial charge on any atom is 0.123 e. The van der Waals surface area contributed by atoms with E-state index in [0.717, 1.165) is 31.4 Å². The van der Waals surface area contributed by atoms with E-state index in [1.165, 1.54) is 11.6 Å². The van der Waals surface area contributed by atoms with E-state index in [1.807, 2.05) is 13.0 Å². The molecule has 0 bridgehead atoms. The fourth-order valence-corrected chi connectivity index (χ4v) is 1.82. The SMILES string of the molecule is C=C(C)CCC(NCCC)c1cccc(F)c1. The molecule has 1 unspecified atom stereocenters. The summed E-state index contributed by atoms with van der Waals surface area (Å²) in [4.78, 5) is 0. The lowest BCUT2D eigenvalue weighted by Crippen LogP contribution is -2.22. The average molecular weight is 235 g/mol. The zero-order valence-electron chi connectivity index (χ0n) is 10.8. The molecule has 0 fully saturated rings. The molecular formula is C15H22FN. The third kappa shape index (κ3) is 5.14. The van der Waals surface area contributed by atoms with Crippen LogP contribution in [-0.2, 0) is 0 Å². The zero-order valence-corrected chi connectivity index (χ0v) is 10.8. The van der Waals surface area contributed by atoms with Gasteiger partial charge in [0.15, 0.2) is 0 Å². The predicted molar refractivity (Wildman–Crippen MR) is 71.5 cm³/mol. The Morgan fingerprint density at radius 1 is 1.47 bits per heavy atom. The summed E-state index contributed by atoms with van der Waals surface area (Å²) in [5.74, 6) is -0.166. The second kappa shape index (κ2) is 7.23. The molecule has 0 saturated carbocycles. The summed E-state index contributed by atoms with van der Waals surface area (Å²) in [5, 5.41) is 3.46. The minimum Gasteiger partial charge on any atom is -0.310 e. The summed E-state index contributed by atoms with van der Waals surface area (Å²) in [6, 6.07) is 7.08. The smallest absolute Gasteiger partial charge is 0.123 e. The van der Waals surface area contributed by atoms with E-state index in [4.69, 9.17) is 0 Å². The number of rotatable bonds is 7. The van der Waals surface area contributed by atoms with Gasteiger partial charge in [-0.1, -0.05) is 24.6 Å². The van der Waals surface area contributed by atoms with Crippen molar-refractivity contribution >= 4 is 0 Å². The molecule has 0 aliphatic carbocycles. The predicted octanol–water partition coefficient (Wildman–Crippen LogP) is 4.22. The number of benzene rings is 1. The topological polar surface area (TPSA) is 12.0 Å². The van der Waals surface area contributed by atoms with Crippen LogP contribution in [0.15, 0.2) is 36.4 Å². The molecule has 1 N–H and O–H groups in total. The van der Waals surface area contributed by atoms with Gasteiger partial charge in [0.25, 0.3) is 0 Å². The molecule has 2 heteroatoms. The Morgan fingerprint density at radius 2 is 2.24 bits per heavy atom. The molecule has 1 aromatic rings. The lowest BCUT2D eigenvalue weighted by Gasteiger charge is -2.19. The molecule has 1 nitrogen and oxygen atoms in total. The van der Waals surface area contributed by atoms with Crippen molar-refractivity contribution in [2.45, 2.75) is 39.2 Å². The Hall–Kier alpha value is -1.15. The molecular weight excluding hydrogens is 213 g/mol. The lowest BCUT2D eigenvalue weighted by atomic mass is 9.99. The molecule has 0 amide bonds. The molecule has 1 rings (SSSR count). The number of hydrogen-bond acceptors (Lipinski definition) is 1. The standard InChI is InChI=1S/C15H22FN/c1-4-10-17-15(9-8-12(2)3)13-6-5-7-14(16)11-13/h5-7,11,15,17H,2,4,8-10H2,1,3H3. The molecule has 94 valence electrons. The fourth-order valence-electron chi connectivity index (χ4n) is 1.82. The van der Waals surface area contributed by atoms with E-state index >= 15 is 0 Å². The molecule has 0 aromatic heterocycles. The number of nitrogens with one attached hydrogen (secondary N) is 1. The maximum absolute atomic E-state index is 13.2. The van der Waals surface area contributed by atoms with Gasteiger partial charge in [-0.3, -0.25) is 0 Å². The van der Waals surface area contributed by atoms with Crippen molar-refractivity contribution in [2.24, 2.45) is 0 Å². The average Bonchev–Trinajstić information content (AvgIpc) is 2.29. The van der Waals surface area contributed by atoms with Gasteiger partial charge in [0, 0.05) is 6.04 Å². The van der Waals surface area contributed by atoms with E-state index in [0.29, 0.717) is 0 Å². The quantitative estimate of drug-likeness (QED) is 0.698. The van der Waals surface area contributed by atoms with Gasteiger partial charge >= 0.3 is 0 Å². The molecule has 1 aromatic carbocycles. The summed E-state index contributed by atoms with van der Waals surface area (Å²) in [6.45, 7) is 9.04. The van der Waals surface area contributed by atoms with Crippen LogP contribution in [0.1, 0.15) is 44.7 Å². The van der Waals surface area contributed by atoms with Gasteiger partial charge in [0.05, 0.1) is 0 Å². The summed E-state index contributed by atoms with van der Waals surface area (Å²) >= 11 is 0. The van der Waals surface area contributed by atoms with Crippen molar-refractivity contribution in [1.29, 1.82) is 0 Å². The first kappa shape index (κ1) is 13.9. The van der Waals surface area contributed by atoms with Gasteiger partial charge in [-0.25, -0.2) is 4.39 Å². The zero-order chi connectivity index (χ0) is 12.7. The van der Waals surface area contributed by atoms with Gasteiger partial charge in [-0.05, 0) is 50.4 Å². The van der Waals surface area contributed by atoms with E-state index in [-0.39, 0.29) is 11.9 Å². The number of hydrogen-bond donors (Lipinski definition) is 1. The monoisotopic (exact) mass is 235 g/mol. The minimum atomic E-state index is -0.166. The van der Waals surface area contributed by atoms with Crippen LogP contribution in [0.4, 0.5) is 4.39 Å². The fraction of sp³-hybridized carbons (Fsp3) is 0.467. The number of allylic oxidation sites excluding steroid dienone is 1. The van der Waals surface area contributed by atoms with Gasteiger partial charge in [0.2, 0.25) is 0 Å². The van der Waals surface area contributed by atoms with Crippen LogP contribution in [0, 0.1) is 5.82 Å². The Balaban J connectivity index is 2.70. The largest absolute Gasteiger partial charge is 0.310 e. The van der Waals surface area contributed by atoms with Gasteiger partial charge in [0.1, 0.15) is 5.82 Å². The van der Waals surface area contributed by atoms with Crippen molar-refractivity contribution in [3.8, 4) is 0 Å². The normalized spacial score (nSPS) is 12.4. The minimum absolute atomic E-state index is 0.166. The van der Waals surface area contributed by atoms with Crippen LogP contribution in [0.5, 0.6) is 0 Å². The highest BCUT2D eigenvalue weighted by Gasteiger charge is 2.10. The van der Waals surface area contributed by atoms with Crippen LogP contribution >= 0.6 is 0 Å². The van der Waals surface area contributed by atoms with Crippen LogP contribution in [0.25, 0.3) is 0 Å². The number of halogens is 1. The molecule has 1 atom stereocenters. The van der Waals surface area contributed by atoms with Crippen LogP contribution in [-0.4, -0.2) is 6.54 Å². The molecule has 0 aliphatic heterocycles. The molecule has 0 saturated heterocycles. The first-order valence-corrected chi connectivity index (χ1v) is 6.26. The van der Waals surface area contributed by atoms with Crippen LogP contribution in [0.3, 0.4) is 0 Å². The van der Waals surface area contributed by atoms with Gasteiger partial charge in [-0.15, -0.1) is 6.58 Å². The van der Waals surface area contributed by atoms with Crippen molar-refractivity contribution in [3.05, 3.63) is 47.8 Å². The van der Waals surface area contributed by atoms with Crippen LogP contribution < -0.4 is 5.32 Å². The molecule has 0 radical (unpaired) electrons. The van der Waals surface area contributed by atoms with Crippen molar-refractivity contribution in [3.63, 3.8) is 0 Å². The van der Waals surface area contributed by atoms with E-state index in [2.05, 4.69) is 18.8 Å². The second-order valence-corrected chi connectivity index (χ2v) is 4.56. The Bertz CT molecular complexity index is 360. The molecule has 0 aliphatic rings. The third-order valence-electron chi connectivity index (χ3n) is 2.75. The van der Waals surface area contributed by atoms with E-state index in [9.17, 15) is 4.39 Å². The van der Waals surface area contributed by atoms with E-state index in [1.54, 1.807) is 12.1 Å². The summed E-state index contributed by atoms with van der Waals surface area (Å²) < 4.78 is 13.2. The highest BCUT2D eigenvalue weighted by molar-refractivity contribution is 5.20. The van der Waals surface area contributed by atoms with Gasteiger partial charge in [-0.2, -0.15) is 0 Å². The lowest BCUT2D eigenvalue weighted by molar-refractivity contribution is 0.495. The Morgan fingerprint density at radius 3 is 2.82 bits per heavy atom. The molecule has 0 spiro atoms. The third-order valence-corrected chi connectivity index (χ3v) is 2.75. The van der Waals surface area contributed by atoms with Crippen molar-refractivity contribution in [1.82, 2.24) is 5.32 Å². The maximum atomic E-state index is 13.2. The van der Waals surface area contributed by atoms with E-state index < -0.39 is 0 Å². The summed E-state index contributed by atoms with van der Waals surface area (Å²) in [7, 11) is 0. The van der Waals surface area contributed by atoms with Crippen molar-refractivity contribution < 1.29 is 4.39 Å². The van der Waals surface area contributed by atoms with Gasteiger partial charge < -0.3 is 5.32 Å². The van der Waals surface area contributed by atoms with Crippen molar-refractivity contribution in [2.75, 3.05) is 6.54 Å². The first-order chi connectivity index (χ1) is 8.13. The Labute approximate surface area is 104 Å². The summed E-state index contributed by atoms with van der Waals surface area (Å²) in [5.41, 5.74) is 2.20. The highest BCUT2D eigenvalue weighted by atomic mass is 19.1. The summed E-state index contributed by atoms with van der Waals surface area (Å²) in [6.07, 6.45) is 3.02.